The third kappa shape index (κ3) is 15.2. The molecule has 0 fully saturated rings. The van der Waals surface area contributed by atoms with E-state index in [0.717, 1.165) is 19.1 Å². The average Bonchev–Trinajstić information content (AvgIpc) is 2.63. The summed E-state index contributed by atoms with van der Waals surface area (Å²) in [6.07, 6.45) is 18.4. The number of unbranched alkanes of at least 4 members (excludes halogenated alkanes) is 12. The van der Waals surface area contributed by atoms with Crippen molar-refractivity contribution < 1.29 is 13.3 Å². The topological polar surface area (TPSA) is 27.7 Å². The van der Waals surface area contributed by atoms with Gasteiger partial charge in [0.25, 0.3) is 0 Å². The maximum absolute atomic E-state index is 6.27. The van der Waals surface area contributed by atoms with E-state index in [0.29, 0.717) is 13.2 Å². The molecule has 0 saturated carbocycles. The van der Waals surface area contributed by atoms with Crippen molar-refractivity contribution in [3.63, 3.8) is 0 Å². The van der Waals surface area contributed by atoms with E-state index in [2.05, 4.69) is 27.7 Å². The van der Waals surface area contributed by atoms with E-state index in [9.17, 15) is 0 Å². The Bertz CT molecular complexity index is 268. The van der Waals surface area contributed by atoms with E-state index < -0.39 is 8.80 Å². The van der Waals surface area contributed by atoms with E-state index in [-0.39, 0.29) is 0 Å². The lowest BCUT2D eigenvalue weighted by Gasteiger charge is -2.29. The van der Waals surface area contributed by atoms with Gasteiger partial charge in [0.2, 0.25) is 0 Å². The zero-order valence-corrected chi connectivity index (χ0v) is 19.5. The van der Waals surface area contributed by atoms with Crippen LogP contribution in [0.4, 0.5) is 0 Å². The highest BCUT2D eigenvalue weighted by Crippen LogP contribution is 2.21. The fourth-order valence-electron chi connectivity index (χ4n) is 3.37. The van der Waals surface area contributed by atoms with E-state index >= 15 is 0 Å². The van der Waals surface area contributed by atoms with Crippen molar-refractivity contribution in [1.29, 1.82) is 0 Å². The molecule has 0 aromatic heterocycles. The lowest BCUT2D eigenvalue weighted by molar-refractivity contribution is 0.0650. The first-order valence-electron chi connectivity index (χ1n) is 11.7. The minimum absolute atomic E-state index is 0.694. The van der Waals surface area contributed by atoms with Crippen molar-refractivity contribution in [3.05, 3.63) is 0 Å². The second-order valence-corrected chi connectivity index (χ2v) is 10.1. The first-order valence-corrected chi connectivity index (χ1v) is 13.6. The fourth-order valence-corrected chi connectivity index (χ4v) is 6.07. The summed E-state index contributed by atoms with van der Waals surface area (Å²) in [6.45, 7) is 10.8. The highest BCUT2D eigenvalue weighted by molar-refractivity contribution is 6.60. The first kappa shape index (κ1) is 26.1. The summed E-state index contributed by atoms with van der Waals surface area (Å²) in [5.41, 5.74) is 0. The second kappa shape index (κ2) is 19.8. The van der Waals surface area contributed by atoms with Crippen molar-refractivity contribution in [1.82, 2.24) is 0 Å². The second-order valence-electron chi connectivity index (χ2n) is 7.39. The van der Waals surface area contributed by atoms with Gasteiger partial charge in [-0.1, -0.05) is 90.9 Å². The minimum Gasteiger partial charge on any atom is -0.374 e. The quantitative estimate of drug-likeness (QED) is 0.150. The molecule has 0 atom stereocenters. The molecule has 0 N–H and O–H groups in total. The van der Waals surface area contributed by atoms with Crippen LogP contribution < -0.4 is 0 Å². The van der Waals surface area contributed by atoms with Gasteiger partial charge in [-0.2, -0.15) is 0 Å². The standard InChI is InChI=1S/C22H48O3Si/c1-5-9-11-13-15-16-18-20-22-26(23-7-3,24-8-4)25-21-19-17-14-12-10-6-2/h5-22H2,1-4H3. The molecule has 0 aliphatic carbocycles. The summed E-state index contributed by atoms with van der Waals surface area (Å²) in [5.74, 6) is 0. The number of hydrogen-bond donors (Lipinski definition) is 0. The molecule has 0 aromatic carbocycles. The van der Waals surface area contributed by atoms with E-state index in [1.54, 1.807) is 0 Å². The fraction of sp³-hybridized carbons (Fsp3) is 1.00. The Morgan fingerprint density at radius 2 is 0.885 bits per heavy atom. The molecule has 158 valence electrons. The maximum Gasteiger partial charge on any atom is 0.500 e. The Morgan fingerprint density at radius 1 is 0.462 bits per heavy atom. The lowest BCUT2D eigenvalue weighted by atomic mass is 10.1. The van der Waals surface area contributed by atoms with Crippen LogP contribution in [0.3, 0.4) is 0 Å². The van der Waals surface area contributed by atoms with Crippen molar-refractivity contribution in [2.24, 2.45) is 0 Å². The van der Waals surface area contributed by atoms with Gasteiger partial charge in [-0.25, -0.2) is 0 Å². The summed E-state index contributed by atoms with van der Waals surface area (Å²) in [6, 6.07) is 0.986. The molecule has 0 saturated heterocycles. The molecule has 0 unspecified atom stereocenters. The van der Waals surface area contributed by atoms with Gasteiger partial charge < -0.3 is 13.3 Å². The molecule has 4 heteroatoms. The van der Waals surface area contributed by atoms with Crippen LogP contribution in [0.5, 0.6) is 0 Å². The van der Waals surface area contributed by atoms with Crippen molar-refractivity contribution in [3.8, 4) is 0 Å². The molecule has 0 heterocycles. The highest BCUT2D eigenvalue weighted by Gasteiger charge is 2.39. The Labute approximate surface area is 165 Å². The Balaban J connectivity index is 4.03. The van der Waals surface area contributed by atoms with Crippen LogP contribution in [0.2, 0.25) is 6.04 Å². The molecule has 3 nitrogen and oxygen atoms in total. The van der Waals surface area contributed by atoms with Crippen LogP contribution >= 0.6 is 0 Å². The third-order valence-electron chi connectivity index (χ3n) is 4.88. The first-order chi connectivity index (χ1) is 12.7. The molecule has 0 aliphatic heterocycles. The van der Waals surface area contributed by atoms with Gasteiger partial charge in [0.1, 0.15) is 0 Å². The predicted molar refractivity (Wildman–Crippen MR) is 116 cm³/mol. The Kier molecular flexibility index (Phi) is 19.9. The molecule has 0 amide bonds. The average molecular weight is 389 g/mol. The third-order valence-corrected chi connectivity index (χ3v) is 7.95. The monoisotopic (exact) mass is 388 g/mol. The number of hydrogen-bond acceptors (Lipinski definition) is 3. The van der Waals surface area contributed by atoms with Crippen LogP contribution in [0.25, 0.3) is 0 Å². The highest BCUT2D eigenvalue weighted by atomic mass is 28.4. The molecular weight excluding hydrogens is 340 g/mol. The zero-order chi connectivity index (χ0) is 19.3. The smallest absolute Gasteiger partial charge is 0.374 e. The molecule has 0 radical (unpaired) electrons. The van der Waals surface area contributed by atoms with Crippen molar-refractivity contribution in [2.45, 2.75) is 124 Å². The lowest BCUT2D eigenvalue weighted by Crippen LogP contribution is -2.46. The van der Waals surface area contributed by atoms with E-state index in [1.165, 1.54) is 83.5 Å². The van der Waals surface area contributed by atoms with Gasteiger partial charge in [-0.3, -0.25) is 0 Å². The van der Waals surface area contributed by atoms with E-state index in [1.807, 2.05) is 0 Å². The van der Waals surface area contributed by atoms with Crippen LogP contribution in [0.1, 0.15) is 118 Å². The Hall–Kier alpha value is 0.0969. The SMILES string of the molecule is CCCCCCCCCC[Si](OCC)(OCC)OCCCCCCCC. The summed E-state index contributed by atoms with van der Waals surface area (Å²) in [4.78, 5) is 0. The molecule has 0 aliphatic rings. The van der Waals surface area contributed by atoms with Gasteiger partial charge in [0, 0.05) is 25.9 Å². The number of rotatable bonds is 21. The summed E-state index contributed by atoms with van der Waals surface area (Å²) < 4.78 is 18.4. The van der Waals surface area contributed by atoms with E-state index in [4.69, 9.17) is 13.3 Å². The predicted octanol–water partition coefficient (Wildman–Crippen LogP) is 7.52. The van der Waals surface area contributed by atoms with Crippen LogP contribution in [-0.4, -0.2) is 28.6 Å². The van der Waals surface area contributed by atoms with Gasteiger partial charge in [-0.05, 0) is 26.7 Å². The zero-order valence-electron chi connectivity index (χ0n) is 18.5. The van der Waals surface area contributed by atoms with Gasteiger partial charge in [0.05, 0.1) is 0 Å². The van der Waals surface area contributed by atoms with Crippen LogP contribution in [-0.2, 0) is 13.3 Å². The van der Waals surface area contributed by atoms with Gasteiger partial charge in [0.15, 0.2) is 0 Å². The summed E-state index contributed by atoms with van der Waals surface area (Å²) >= 11 is 0. The molecule has 0 aromatic rings. The van der Waals surface area contributed by atoms with Crippen molar-refractivity contribution in [2.75, 3.05) is 19.8 Å². The Morgan fingerprint density at radius 3 is 1.35 bits per heavy atom. The van der Waals surface area contributed by atoms with Gasteiger partial charge >= 0.3 is 8.80 Å². The molecule has 0 bridgehead atoms. The summed E-state index contributed by atoms with van der Waals surface area (Å²) in [7, 11) is -2.45. The molecule has 0 spiro atoms. The molecular formula is C22H48O3Si. The molecule has 26 heavy (non-hydrogen) atoms. The minimum atomic E-state index is -2.45. The van der Waals surface area contributed by atoms with Crippen LogP contribution in [0, 0.1) is 0 Å². The van der Waals surface area contributed by atoms with Crippen molar-refractivity contribution >= 4 is 8.80 Å². The van der Waals surface area contributed by atoms with Crippen LogP contribution in [0.15, 0.2) is 0 Å². The largest absolute Gasteiger partial charge is 0.500 e. The molecule has 0 rings (SSSR count). The normalized spacial score (nSPS) is 12.0. The summed E-state index contributed by atoms with van der Waals surface area (Å²) in [5, 5.41) is 0. The van der Waals surface area contributed by atoms with Gasteiger partial charge in [-0.15, -0.1) is 0 Å². The maximum atomic E-state index is 6.27.